The molecule has 22 heteroatoms. The fraction of sp³-hybridized carbons (Fsp3) is 0.909. The third-order valence-corrected chi connectivity index (χ3v) is 5.10. The molecule has 0 atom stereocenters. The van der Waals surface area contributed by atoms with Gasteiger partial charge in [-0.1, -0.05) is 0 Å². The van der Waals surface area contributed by atoms with Gasteiger partial charge in [-0.15, -0.1) is 0 Å². The van der Waals surface area contributed by atoms with Gasteiger partial charge in [-0.05, 0) is 0 Å². The maximum absolute atomic E-state index is 13.5. The Balaban J connectivity index is 6.80. The Morgan fingerprint density at radius 3 is 1.15 bits per heavy atom. The van der Waals surface area contributed by atoms with Gasteiger partial charge >= 0.3 is 47.0 Å². The Bertz CT molecular complexity index is 832. The molecule has 0 aliphatic carbocycles. The van der Waals surface area contributed by atoms with Gasteiger partial charge in [0, 0.05) is 13.0 Å². The summed E-state index contributed by atoms with van der Waals surface area (Å²) in [5.41, 5.74) is 0. The quantitative estimate of drug-likeness (QED) is 0.233. The van der Waals surface area contributed by atoms with Crippen molar-refractivity contribution in [2.45, 2.75) is 53.4 Å². The van der Waals surface area contributed by atoms with Crippen LogP contribution in [0.15, 0.2) is 0 Å². The van der Waals surface area contributed by atoms with E-state index in [-0.39, 0.29) is 11.0 Å². The van der Waals surface area contributed by atoms with E-state index in [1.165, 1.54) is 0 Å². The first-order chi connectivity index (χ1) is 14.1. The van der Waals surface area contributed by atoms with Crippen molar-refractivity contribution in [2.75, 3.05) is 6.54 Å². The topological polar surface area (TPSA) is 63.2 Å². The number of carbonyl (C=O) groups is 1. The van der Waals surface area contributed by atoms with Crippen LogP contribution in [0.5, 0.6) is 0 Å². The molecule has 0 spiro atoms. The Morgan fingerprint density at radius 1 is 0.545 bits per heavy atom. The molecule has 0 saturated heterocycles. The lowest BCUT2D eigenvalue weighted by Crippen LogP contribution is -2.75. The molecule has 0 aromatic heterocycles. The molecule has 0 rings (SSSR count). The van der Waals surface area contributed by atoms with E-state index in [0.29, 0.717) is 0 Å². The highest BCUT2D eigenvalue weighted by atomic mass is 32.2. The summed E-state index contributed by atoms with van der Waals surface area (Å²) in [6.07, 6.45) is -9.33. The Hall–Kier alpha value is -1.61. The molecule has 0 bridgehead atoms. The molecule has 0 radical (unpaired) electrons. The van der Waals surface area contributed by atoms with Crippen LogP contribution in [0.1, 0.15) is 6.42 Å². The van der Waals surface area contributed by atoms with Crippen LogP contribution < -0.4 is 4.72 Å². The van der Waals surface area contributed by atoms with Crippen molar-refractivity contribution in [1.29, 1.82) is 0 Å². The summed E-state index contributed by atoms with van der Waals surface area (Å²) in [5.74, 6) is -51.8. The molecule has 0 amide bonds. The summed E-state index contributed by atoms with van der Waals surface area (Å²) >= 11 is 0. The van der Waals surface area contributed by atoms with Crippen LogP contribution in [-0.4, -0.2) is 68.2 Å². The van der Waals surface area contributed by atoms with Crippen molar-refractivity contribution >= 4 is 16.3 Å². The zero-order valence-electron chi connectivity index (χ0n) is 14.5. The van der Waals surface area contributed by atoms with Gasteiger partial charge < -0.3 is 4.79 Å². The monoisotopic (exact) mass is 555 g/mol. The predicted octanol–water partition coefficient (Wildman–Crippen LogP) is 4.46. The van der Waals surface area contributed by atoms with E-state index >= 15 is 0 Å². The lowest BCUT2D eigenvalue weighted by molar-refractivity contribution is -0.458. The van der Waals surface area contributed by atoms with Crippen LogP contribution in [0.4, 0.5) is 74.6 Å². The second kappa shape index (κ2) is 8.26. The van der Waals surface area contributed by atoms with Crippen LogP contribution in [0.25, 0.3) is 0 Å². The standard InChI is InChI=1S/C11H6F17NO3S/c12-4(13,6(16,17)8(20,21)10(24,25)26)5(14,15)7(18,19)9(22,23)11(27,28)33(31,32)29-2-1-3-30/h3,29H,1-2H2. The minimum absolute atomic E-state index is 0.271. The highest BCUT2D eigenvalue weighted by Crippen LogP contribution is 2.64. The summed E-state index contributed by atoms with van der Waals surface area (Å²) in [4.78, 5) is 9.90. The van der Waals surface area contributed by atoms with Gasteiger partial charge in [0.2, 0.25) is 0 Å². The van der Waals surface area contributed by atoms with E-state index in [9.17, 15) is 87.8 Å². The molecule has 0 aromatic carbocycles. The van der Waals surface area contributed by atoms with Gasteiger partial charge in [-0.3, -0.25) is 0 Å². The first kappa shape index (κ1) is 31.4. The zero-order valence-corrected chi connectivity index (χ0v) is 15.4. The zero-order chi connectivity index (χ0) is 27.3. The van der Waals surface area contributed by atoms with Gasteiger partial charge in [0.1, 0.15) is 6.29 Å². The summed E-state index contributed by atoms with van der Waals surface area (Å²) in [6.45, 7) is -1.61. The molecule has 0 aliphatic heterocycles. The third kappa shape index (κ3) is 4.20. The van der Waals surface area contributed by atoms with Crippen LogP contribution in [-0.2, 0) is 14.8 Å². The van der Waals surface area contributed by atoms with Crippen LogP contribution >= 0.6 is 0 Å². The van der Waals surface area contributed by atoms with Gasteiger partial charge in [-0.25, -0.2) is 13.1 Å². The molecule has 0 aromatic rings. The van der Waals surface area contributed by atoms with Gasteiger partial charge in [0.15, 0.2) is 0 Å². The van der Waals surface area contributed by atoms with Crippen molar-refractivity contribution in [3.63, 3.8) is 0 Å². The summed E-state index contributed by atoms with van der Waals surface area (Å²) in [5, 5.41) is -7.62. The van der Waals surface area contributed by atoms with Gasteiger partial charge in [0.25, 0.3) is 10.0 Å². The molecule has 0 saturated carbocycles. The Labute approximate surface area is 170 Å². The minimum Gasteiger partial charge on any atom is -0.303 e. The molecule has 0 fully saturated rings. The maximum atomic E-state index is 13.5. The maximum Gasteiger partial charge on any atom is 0.460 e. The first-order valence-corrected chi connectivity index (χ1v) is 8.68. The molecule has 33 heavy (non-hydrogen) atoms. The Kier molecular flexibility index (Phi) is 7.85. The van der Waals surface area contributed by atoms with Crippen molar-refractivity contribution in [1.82, 2.24) is 4.72 Å². The minimum atomic E-state index is -8.87. The number of sulfonamides is 1. The molecular formula is C11H6F17NO3S. The van der Waals surface area contributed by atoms with E-state index in [0.717, 1.165) is 0 Å². The van der Waals surface area contributed by atoms with E-state index in [2.05, 4.69) is 0 Å². The SMILES string of the molecule is O=CCCNS(=O)(=O)C(F)(F)C(F)(F)C(F)(F)C(F)(F)C(F)(F)C(F)(F)C(F)(F)C(F)(F)F. The van der Waals surface area contributed by atoms with Crippen molar-refractivity contribution in [3.05, 3.63) is 0 Å². The molecule has 0 unspecified atom stereocenters. The van der Waals surface area contributed by atoms with Crippen molar-refractivity contribution in [2.24, 2.45) is 0 Å². The lowest BCUT2D eigenvalue weighted by Gasteiger charge is -2.42. The molecule has 4 nitrogen and oxygen atoms in total. The normalized spacial score (nSPS) is 16.2. The van der Waals surface area contributed by atoms with Crippen molar-refractivity contribution in [3.8, 4) is 0 Å². The number of hydrogen-bond acceptors (Lipinski definition) is 3. The molecule has 198 valence electrons. The van der Waals surface area contributed by atoms with Gasteiger partial charge in [-0.2, -0.15) is 74.6 Å². The number of halogens is 17. The number of hydrogen-bond donors (Lipinski definition) is 1. The smallest absolute Gasteiger partial charge is 0.303 e. The van der Waals surface area contributed by atoms with E-state index in [1.54, 1.807) is 0 Å². The second-order valence-corrected chi connectivity index (χ2v) is 7.62. The van der Waals surface area contributed by atoms with Gasteiger partial charge in [0.05, 0.1) is 0 Å². The highest BCUT2D eigenvalue weighted by Gasteiger charge is 2.96. The number of aldehydes is 1. The first-order valence-electron chi connectivity index (χ1n) is 7.20. The number of nitrogens with one attached hydrogen (secondary N) is 1. The second-order valence-electron chi connectivity index (χ2n) is 5.81. The average molecular weight is 555 g/mol. The van der Waals surface area contributed by atoms with Crippen molar-refractivity contribution < 1.29 is 87.8 Å². The van der Waals surface area contributed by atoms with Crippen LogP contribution in [0.2, 0.25) is 0 Å². The molecular weight excluding hydrogens is 549 g/mol. The number of carbonyl (C=O) groups excluding carboxylic acids is 1. The molecule has 0 aliphatic rings. The third-order valence-electron chi connectivity index (χ3n) is 3.59. The van der Waals surface area contributed by atoms with Crippen LogP contribution in [0.3, 0.4) is 0 Å². The number of alkyl halides is 17. The van der Waals surface area contributed by atoms with E-state index in [4.69, 9.17) is 0 Å². The summed E-state index contributed by atoms with van der Waals surface area (Å²) in [7, 11) is -7.33. The fourth-order valence-corrected chi connectivity index (χ4v) is 2.69. The number of rotatable bonds is 11. The van der Waals surface area contributed by atoms with Crippen LogP contribution in [0, 0.1) is 0 Å². The highest BCUT2D eigenvalue weighted by molar-refractivity contribution is 7.90. The largest absolute Gasteiger partial charge is 0.460 e. The van der Waals surface area contributed by atoms with E-state index < -0.39 is 70.0 Å². The predicted molar refractivity (Wildman–Crippen MR) is 68.3 cm³/mol. The summed E-state index contributed by atoms with van der Waals surface area (Å²) < 4.78 is 243. The fourth-order valence-electron chi connectivity index (χ4n) is 1.66. The lowest BCUT2D eigenvalue weighted by atomic mass is 9.91. The Morgan fingerprint density at radius 2 is 0.848 bits per heavy atom. The summed E-state index contributed by atoms with van der Waals surface area (Å²) in [6, 6.07) is 0. The average Bonchev–Trinajstić information content (AvgIpc) is 2.59. The van der Waals surface area contributed by atoms with E-state index in [1.807, 2.05) is 0 Å². The molecule has 1 N–H and O–H groups in total. The molecule has 0 heterocycles.